The fourth-order valence-corrected chi connectivity index (χ4v) is 4.34. The average Bonchev–Trinajstić information content (AvgIpc) is 2.75. The number of aryl methyl sites for hydroxylation is 6. The summed E-state index contributed by atoms with van der Waals surface area (Å²) in [6.45, 7) is 8.26. The summed E-state index contributed by atoms with van der Waals surface area (Å²) in [4.78, 5) is 15.7. The Morgan fingerprint density at radius 2 is 1.52 bits per heavy atom. The second-order valence-corrected chi connectivity index (χ2v) is 9.18. The topological polar surface area (TPSA) is 62.2 Å². The second kappa shape index (κ2) is 11.6. The predicted octanol–water partition coefficient (Wildman–Crippen LogP) is 7.03. The van der Waals surface area contributed by atoms with Crippen molar-refractivity contribution < 1.29 is 9.90 Å². The molecule has 0 aliphatic heterocycles. The lowest BCUT2D eigenvalue weighted by Crippen LogP contribution is -2.06. The molecule has 0 amide bonds. The van der Waals surface area contributed by atoms with Gasteiger partial charge in [0.05, 0.1) is 6.42 Å². The summed E-state index contributed by atoms with van der Waals surface area (Å²) in [7, 11) is 0. The van der Waals surface area contributed by atoms with E-state index in [0.717, 1.165) is 41.0 Å². The number of rotatable bonds is 11. The molecule has 3 aromatic rings. The molecule has 174 valence electrons. The fraction of sp³-hybridized carbons (Fsp3) is 0.379. The Morgan fingerprint density at radius 1 is 0.848 bits per heavy atom. The normalized spacial score (nSPS) is 10.9. The zero-order valence-electron chi connectivity index (χ0n) is 20.4. The van der Waals surface area contributed by atoms with Crippen molar-refractivity contribution in [2.24, 2.45) is 0 Å². The minimum absolute atomic E-state index is 0.0145. The van der Waals surface area contributed by atoms with E-state index in [9.17, 15) is 9.90 Å². The lowest BCUT2D eigenvalue weighted by atomic mass is 9.98. The molecule has 0 spiro atoms. The highest BCUT2D eigenvalue weighted by Gasteiger charge is 2.11. The molecular formula is C29H36N2O2. The van der Waals surface area contributed by atoms with E-state index >= 15 is 0 Å². The molecule has 0 bridgehead atoms. The first-order chi connectivity index (χ1) is 15.8. The number of hydrogen-bond donors (Lipinski definition) is 2. The van der Waals surface area contributed by atoms with Gasteiger partial charge in [-0.2, -0.15) is 0 Å². The first-order valence-electron chi connectivity index (χ1n) is 11.9. The molecule has 0 saturated heterocycles. The van der Waals surface area contributed by atoms with Gasteiger partial charge in [0, 0.05) is 23.3 Å². The number of pyridine rings is 1. The molecule has 0 saturated carbocycles. The Labute approximate surface area is 198 Å². The monoisotopic (exact) mass is 444 g/mol. The van der Waals surface area contributed by atoms with Crippen molar-refractivity contribution in [2.45, 2.75) is 72.6 Å². The molecule has 0 fully saturated rings. The third-order valence-electron chi connectivity index (χ3n) is 6.11. The van der Waals surface area contributed by atoms with Gasteiger partial charge in [-0.25, -0.2) is 0 Å². The van der Waals surface area contributed by atoms with E-state index in [1.165, 1.54) is 47.9 Å². The Hall–Kier alpha value is -3.14. The van der Waals surface area contributed by atoms with Gasteiger partial charge in [0.2, 0.25) is 0 Å². The second-order valence-electron chi connectivity index (χ2n) is 9.18. The Kier molecular flexibility index (Phi) is 8.65. The number of aromatic nitrogens is 1. The number of hydrogen-bond acceptors (Lipinski definition) is 3. The lowest BCUT2D eigenvalue weighted by Gasteiger charge is -2.17. The molecule has 0 radical (unpaired) electrons. The van der Waals surface area contributed by atoms with E-state index in [4.69, 9.17) is 0 Å². The molecule has 1 heterocycles. The van der Waals surface area contributed by atoms with E-state index in [2.05, 4.69) is 48.4 Å². The van der Waals surface area contributed by atoms with Crippen LogP contribution in [-0.2, 0) is 24.1 Å². The van der Waals surface area contributed by atoms with Crippen LogP contribution < -0.4 is 5.32 Å². The van der Waals surface area contributed by atoms with Gasteiger partial charge in [-0.1, -0.05) is 48.7 Å². The van der Waals surface area contributed by atoms with Gasteiger partial charge in [-0.15, -0.1) is 0 Å². The molecule has 33 heavy (non-hydrogen) atoms. The standard InChI is InChI=1S/C29H36N2O2/c1-20-11-14-27(26(15-20)18-28(32)33)31-29-21(2)16-25(17-22(29)3)10-8-6-5-7-9-24-13-12-23(4)30-19-24/h11-17,19,31H,5-10,18H2,1-4H3,(H,32,33). The highest BCUT2D eigenvalue weighted by Crippen LogP contribution is 2.29. The van der Waals surface area contributed by atoms with E-state index in [1.807, 2.05) is 38.2 Å². The first-order valence-corrected chi connectivity index (χ1v) is 11.9. The van der Waals surface area contributed by atoms with Crippen molar-refractivity contribution in [3.8, 4) is 0 Å². The van der Waals surface area contributed by atoms with Crippen LogP contribution in [0.4, 0.5) is 11.4 Å². The van der Waals surface area contributed by atoms with Gasteiger partial charge in [0.15, 0.2) is 0 Å². The SMILES string of the molecule is Cc1ccc(Nc2c(C)cc(CCCCCCc3ccc(C)nc3)cc2C)c(CC(=O)O)c1. The molecule has 0 aliphatic rings. The average molecular weight is 445 g/mol. The van der Waals surface area contributed by atoms with E-state index < -0.39 is 5.97 Å². The van der Waals surface area contributed by atoms with Gasteiger partial charge in [-0.05, 0) is 93.3 Å². The van der Waals surface area contributed by atoms with Gasteiger partial charge in [-0.3, -0.25) is 9.78 Å². The van der Waals surface area contributed by atoms with Crippen LogP contribution in [0.15, 0.2) is 48.7 Å². The summed E-state index contributed by atoms with van der Waals surface area (Å²) in [5.41, 5.74) is 9.97. The zero-order chi connectivity index (χ0) is 23.8. The number of nitrogens with one attached hydrogen (secondary N) is 1. The largest absolute Gasteiger partial charge is 0.481 e. The number of anilines is 2. The van der Waals surface area contributed by atoms with Gasteiger partial charge in [0.25, 0.3) is 0 Å². The molecule has 4 nitrogen and oxygen atoms in total. The Bertz CT molecular complexity index is 1060. The van der Waals surface area contributed by atoms with E-state index in [1.54, 1.807) is 0 Å². The molecule has 2 N–H and O–H groups in total. The third kappa shape index (κ3) is 7.45. The van der Waals surface area contributed by atoms with E-state index in [0.29, 0.717) is 0 Å². The van der Waals surface area contributed by atoms with Crippen LogP contribution in [0.1, 0.15) is 64.8 Å². The minimum atomic E-state index is -0.817. The quantitative estimate of drug-likeness (QED) is 0.312. The number of carbonyl (C=O) groups is 1. The Balaban J connectivity index is 1.54. The maximum Gasteiger partial charge on any atom is 0.307 e. The van der Waals surface area contributed by atoms with Gasteiger partial charge in [0.1, 0.15) is 0 Å². The highest BCUT2D eigenvalue weighted by molar-refractivity contribution is 5.76. The van der Waals surface area contributed by atoms with Crippen LogP contribution in [0.2, 0.25) is 0 Å². The number of aliphatic carboxylic acids is 1. The van der Waals surface area contributed by atoms with Crippen LogP contribution in [0.3, 0.4) is 0 Å². The molecule has 1 aromatic heterocycles. The predicted molar refractivity (Wildman–Crippen MR) is 137 cm³/mol. The van der Waals surface area contributed by atoms with Crippen LogP contribution in [-0.4, -0.2) is 16.1 Å². The van der Waals surface area contributed by atoms with Crippen LogP contribution in [0.25, 0.3) is 0 Å². The molecule has 3 rings (SSSR count). The first kappa shape index (κ1) is 24.5. The molecular weight excluding hydrogens is 408 g/mol. The Morgan fingerprint density at radius 3 is 2.12 bits per heavy atom. The fourth-order valence-electron chi connectivity index (χ4n) is 4.34. The maximum absolute atomic E-state index is 11.3. The molecule has 4 heteroatoms. The number of nitrogens with zero attached hydrogens (tertiary/aromatic N) is 1. The van der Waals surface area contributed by atoms with Gasteiger partial charge >= 0.3 is 5.97 Å². The minimum Gasteiger partial charge on any atom is -0.481 e. The zero-order valence-corrected chi connectivity index (χ0v) is 20.4. The maximum atomic E-state index is 11.3. The van der Waals surface area contributed by atoms with Crippen molar-refractivity contribution in [3.63, 3.8) is 0 Å². The molecule has 2 aromatic carbocycles. The van der Waals surface area contributed by atoms with Crippen molar-refractivity contribution in [1.29, 1.82) is 0 Å². The number of unbranched alkanes of at least 4 members (excludes halogenated alkanes) is 3. The van der Waals surface area contributed by atoms with Crippen molar-refractivity contribution in [1.82, 2.24) is 4.98 Å². The molecule has 0 atom stereocenters. The summed E-state index contributed by atoms with van der Waals surface area (Å²) >= 11 is 0. The van der Waals surface area contributed by atoms with Crippen LogP contribution in [0, 0.1) is 27.7 Å². The number of carboxylic acid groups (broad SMARTS) is 1. The molecule has 0 aliphatic carbocycles. The third-order valence-corrected chi connectivity index (χ3v) is 6.11. The van der Waals surface area contributed by atoms with Gasteiger partial charge < -0.3 is 10.4 Å². The summed E-state index contributed by atoms with van der Waals surface area (Å²) in [5.74, 6) is -0.817. The summed E-state index contributed by atoms with van der Waals surface area (Å²) in [6.07, 6.45) is 9.08. The lowest BCUT2D eigenvalue weighted by molar-refractivity contribution is -0.136. The van der Waals surface area contributed by atoms with Crippen LogP contribution in [0.5, 0.6) is 0 Å². The molecule has 0 unspecified atom stereocenters. The number of carboxylic acids is 1. The van der Waals surface area contributed by atoms with Crippen molar-refractivity contribution in [3.05, 3.63) is 87.7 Å². The summed E-state index contributed by atoms with van der Waals surface area (Å²) in [6, 6.07) is 14.7. The van der Waals surface area contributed by atoms with Crippen LogP contribution >= 0.6 is 0 Å². The smallest absolute Gasteiger partial charge is 0.307 e. The summed E-state index contributed by atoms with van der Waals surface area (Å²) in [5, 5.41) is 12.8. The van der Waals surface area contributed by atoms with Crippen molar-refractivity contribution >= 4 is 17.3 Å². The van der Waals surface area contributed by atoms with Crippen molar-refractivity contribution in [2.75, 3.05) is 5.32 Å². The summed E-state index contributed by atoms with van der Waals surface area (Å²) < 4.78 is 0. The number of benzene rings is 2. The highest BCUT2D eigenvalue weighted by atomic mass is 16.4. The van der Waals surface area contributed by atoms with E-state index in [-0.39, 0.29) is 6.42 Å².